The van der Waals surface area contributed by atoms with Crippen LogP contribution < -0.4 is 10.6 Å². The van der Waals surface area contributed by atoms with Crippen molar-refractivity contribution in [1.29, 1.82) is 0 Å². The highest BCUT2D eigenvalue weighted by atomic mass is 16.5. The number of anilines is 1. The standard InChI is InChI=1S/C21H20N4O3/c1-3-19(26)25(11-12-28-2)18-8-10-23-17-7-6-14(13-16(17)18)15-5-4-9-24-20(15)21(22)27/h3-10,13H,1,11-12H2,2H3,(H2,22,27). The molecule has 3 rings (SSSR count). The number of rotatable bonds is 7. The maximum Gasteiger partial charge on any atom is 0.267 e. The number of primary amides is 1. The number of pyridine rings is 2. The molecule has 2 heterocycles. The molecule has 0 fully saturated rings. The van der Waals surface area contributed by atoms with Gasteiger partial charge in [0.25, 0.3) is 5.91 Å². The van der Waals surface area contributed by atoms with Crippen LogP contribution in [0.4, 0.5) is 5.69 Å². The number of nitrogens with two attached hydrogens (primary N) is 1. The van der Waals surface area contributed by atoms with E-state index < -0.39 is 5.91 Å². The number of methoxy groups -OCH3 is 1. The van der Waals surface area contributed by atoms with Gasteiger partial charge in [-0.3, -0.25) is 19.6 Å². The molecule has 0 bridgehead atoms. The minimum absolute atomic E-state index is 0.186. The van der Waals surface area contributed by atoms with Crippen LogP contribution in [0.1, 0.15) is 10.5 Å². The molecule has 0 atom stereocenters. The molecule has 0 aliphatic carbocycles. The number of nitrogens with zero attached hydrogens (tertiary/aromatic N) is 3. The Morgan fingerprint density at radius 2 is 2.04 bits per heavy atom. The van der Waals surface area contributed by atoms with Crippen molar-refractivity contribution in [2.45, 2.75) is 0 Å². The number of amides is 2. The molecule has 28 heavy (non-hydrogen) atoms. The smallest absolute Gasteiger partial charge is 0.267 e. The third-order valence-electron chi connectivity index (χ3n) is 4.32. The monoisotopic (exact) mass is 376 g/mol. The molecule has 2 N–H and O–H groups in total. The minimum Gasteiger partial charge on any atom is -0.383 e. The first-order valence-electron chi connectivity index (χ1n) is 8.63. The fraction of sp³-hybridized carbons (Fsp3) is 0.143. The van der Waals surface area contributed by atoms with E-state index in [2.05, 4.69) is 16.5 Å². The normalized spacial score (nSPS) is 10.6. The molecule has 0 aliphatic heterocycles. The lowest BCUT2D eigenvalue weighted by Gasteiger charge is -2.22. The van der Waals surface area contributed by atoms with Crippen molar-refractivity contribution in [3.05, 3.63) is 67.1 Å². The van der Waals surface area contributed by atoms with Gasteiger partial charge >= 0.3 is 0 Å². The van der Waals surface area contributed by atoms with Crippen LogP contribution >= 0.6 is 0 Å². The number of ether oxygens (including phenoxy) is 1. The van der Waals surface area contributed by atoms with Crippen molar-refractivity contribution < 1.29 is 14.3 Å². The van der Waals surface area contributed by atoms with Gasteiger partial charge in [-0.15, -0.1) is 0 Å². The zero-order chi connectivity index (χ0) is 20.1. The van der Waals surface area contributed by atoms with Gasteiger partial charge in [0.05, 0.1) is 17.8 Å². The number of carbonyl (C=O) groups is 2. The Morgan fingerprint density at radius 1 is 1.21 bits per heavy atom. The maximum absolute atomic E-state index is 12.4. The summed E-state index contributed by atoms with van der Waals surface area (Å²) in [5.41, 5.74) is 8.41. The Hall–Kier alpha value is -3.58. The van der Waals surface area contributed by atoms with Gasteiger partial charge in [0.2, 0.25) is 5.91 Å². The van der Waals surface area contributed by atoms with Crippen LogP contribution in [0.15, 0.2) is 61.4 Å². The molecule has 0 aliphatic rings. The summed E-state index contributed by atoms with van der Waals surface area (Å²) < 4.78 is 5.13. The van der Waals surface area contributed by atoms with Crippen LogP contribution in [0.2, 0.25) is 0 Å². The van der Waals surface area contributed by atoms with Crippen LogP contribution in [0.25, 0.3) is 22.0 Å². The van der Waals surface area contributed by atoms with E-state index in [1.165, 1.54) is 12.3 Å². The van der Waals surface area contributed by atoms with Gasteiger partial charge in [-0.2, -0.15) is 0 Å². The highest BCUT2D eigenvalue weighted by Gasteiger charge is 2.17. The predicted octanol–water partition coefficient (Wildman–Crippen LogP) is 2.56. The van der Waals surface area contributed by atoms with Crippen molar-refractivity contribution in [1.82, 2.24) is 9.97 Å². The molecule has 7 nitrogen and oxygen atoms in total. The zero-order valence-electron chi connectivity index (χ0n) is 15.5. The molecule has 0 saturated heterocycles. The molecule has 0 spiro atoms. The zero-order valence-corrected chi connectivity index (χ0v) is 15.5. The Kier molecular flexibility index (Phi) is 5.76. The van der Waals surface area contributed by atoms with E-state index >= 15 is 0 Å². The third kappa shape index (κ3) is 3.74. The van der Waals surface area contributed by atoms with Crippen LogP contribution in [-0.4, -0.2) is 42.0 Å². The molecular weight excluding hydrogens is 356 g/mol. The van der Waals surface area contributed by atoms with Crippen molar-refractivity contribution in [2.75, 3.05) is 25.2 Å². The minimum atomic E-state index is -0.606. The van der Waals surface area contributed by atoms with Gasteiger partial charge < -0.3 is 15.4 Å². The lowest BCUT2D eigenvalue weighted by Crippen LogP contribution is -2.32. The van der Waals surface area contributed by atoms with Gasteiger partial charge in [-0.05, 0) is 35.9 Å². The molecule has 1 aromatic carbocycles. The summed E-state index contributed by atoms with van der Waals surface area (Å²) in [5, 5.41) is 0.755. The summed E-state index contributed by atoms with van der Waals surface area (Å²) in [6.45, 7) is 4.32. The summed E-state index contributed by atoms with van der Waals surface area (Å²) in [4.78, 5) is 34.2. The van der Waals surface area contributed by atoms with Gasteiger partial charge in [0.15, 0.2) is 0 Å². The first-order valence-corrected chi connectivity index (χ1v) is 8.63. The lowest BCUT2D eigenvalue weighted by atomic mass is 10.0. The molecule has 0 radical (unpaired) electrons. The van der Waals surface area contributed by atoms with Gasteiger partial charge in [-0.1, -0.05) is 18.7 Å². The molecule has 3 aromatic rings. The Bertz CT molecular complexity index is 1050. The summed E-state index contributed by atoms with van der Waals surface area (Å²) in [5.74, 6) is -0.847. The van der Waals surface area contributed by atoms with Crippen LogP contribution in [-0.2, 0) is 9.53 Å². The summed E-state index contributed by atoms with van der Waals surface area (Å²) >= 11 is 0. The predicted molar refractivity (Wildman–Crippen MR) is 108 cm³/mol. The van der Waals surface area contributed by atoms with E-state index in [1.807, 2.05) is 18.2 Å². The molecule has 2 amide bonds. The molecular formula is C21H20N4O3. The average Bonchev–Trinajstić information content (AvgIpc) is 2.73. The van der Waals surface area contributed by atoms with Gasteiger partial charge in [0, 0.05) is 37.0 Å². The Balaban J connectivity index is 2.19. The number of hydrogen-bond acceptors (Lipinski definition) is 5. The van der Waals surface area contributed by atoms with E-state index in [9.17, 15) is 9.59 Å². The summed E-state index contributed by atoms with van der Waals surface area (Å²) in [6, 6.07) is 10.8. The third-order valence-corrected chi connectivity index (χ3v) is 4.32. The van der Waals surface area contributed by atoms with E-state index in [0.717, 1.165) is 10.9 Å². The number of aromatic nitrogens is 2. The quantitative estimate of drug-likeness (QED) is 0.639. The molecule has 2 aromatic heterocycles. The van der Waals surface area contributed by atoms with E-state index in [0.29, 0.717) is 29.9 Å². The van der Waals surface area contributed by atoms with Crippen LogP contribution in [0.5, 0.6) is 0 Å². The second-order valence-electron chi connectivity index (χ2n) is 6.01. The number of benzene rings is 1. The summed E-state index contributed by atoms with van der Waals surface area (Å²) in [7, 11) is 1.58. The first-order chi connectivity index (χ1) is 13.6. The van der Waals surface area contributed by atoms with E-state index in [-0.39, 0.29) is 11.6 Å². The lowest BCUT2D eigenvalue weighted by molar-refractivity contribution is -0.114. The molecule has 0 saturated carbocycles. The second kappa shape index (κ2) is 8.41. The van der Waals surface area contributed by atoms with Gasteiger partial charge in [-0.25, -0.2) is 0 Å². The molecule has 7 heteroatoms. The second-order valence-corrected chi connectivity index (χ2v) is 6.01. The largest absolute Gasteiger partial charge is 0.383 e. The molecule has 0 unspecified atom stereocenters. The number of fused-ring (bicyclic) bond motifs is 1. The van der Waals surface area contributed by atoms with Crippen molar-refractivity contribution in [3.8, 4) is 11.1 Å². The SMILES string of the molecule is C=CC(=O)N(CCOC)c1ccnc2ccc(-c3cccnc3C(N)=O)cc12. The first kappa shape index (κ1) is 19.2. The van der Waals surface area contributed by atoms with Gasteiger partial charge in [0.1, 0.15) is 5.69 Å². The summed E-state index contributed by atoms with van der Waals surface area (Å²) in [6.07, 6.45) is 4.43. The highest BCUT2D eigenvalue weighted by molar-refractivity contribution is 6.08. The van der Waals surface area contributed by atoms with Crippen molar-refractivity contribution in [2.24, 2.45) is 5.73 Å². The van der Waals surface area contributed by atoms with Crippen molar-refractivity contribution >= 4 is 28.4 Å². The Labute approximate surface area is 162 Å². The van der Waals surface area contributed by atoms with E-state index in [4.69, 9.17) is 10.5 Å². The number of carbonyl (C=O) groups excluding carboxylic acids is 2. The van der Waals surface area contributed by atoms with Crippen molar-refractivity contribution in [3.63, 3.8) is 0 Å². The Morgan fingerprint density at radius 3 is 2.75 bits per heavy atom. The fourth-order valence-electron chi connectivity index (χ4n) is 3.01. The maximum atomic E-state index is 12.4. The van der Waals surface area contributed by atoms with Crippen LogP contribution in [0.3, 0.4) is 0 Å². The number of hydrogen-bond donors (Lipinski definition) is 1. The topological polar surface area (TPSA) is 98.4 Å². The van der Waals surface area contributed by atoms with Crippen LogP contribution in [0, 0.1) is 0 Å². The van der Waals surface area contributed by atoms with E-state index in [1.54, 1.807) is 36.4 Å². The average molecular weight is 376 g/mol. The molecule has 142 valence electrons. The highest BCUT2D eigenvalue weighted by Crippen LogP contribution is 2.31. The fourth-order valence-corrected chi connectivity index (χ4v) is 3.01.